The highest BCUT2D eigenvalue weighted by Crippen LogP contribution is 2.25. The van der Waals surface area contributed by atoms with E-state index in [4.69, 9.17) is 9.47 Å². The van der Waals surface area contributed by atoms with Gasteiger partial charge in [0, 0.05) is 38.2 Å². The standard InChI is InChI=1S/C12H19N3O3S/c1-17-8-5-10-13-12(19-14-10)15-6-3-9(4-7-15)11(16)18-2/h9H,3-8H2,1-2H3. The fraction of sp³-hybridized carbons (Fsp3) is 0.750. The third kappa shape index (κ3) is 3.63. The molecule has 1 fully saturated rings. The van der Waals surface area contributed by atoms with Crippen LogP contribution >= 0.6 is 11.5 Å². The lowest BCUT2D eigenvalue weighted by Gasteiger charge is -2.29. The van der Waals surface area contributed by atoms with E-state index in [0.29, 0.717) is 6.61 Å². The van der Waals surface area contributed by atoms with Crippen molar-refractivity contribution in [1.29, 1.82) is 0 Å². The summed E-state index contributed by atoms with van der Waals surface area (Å²) in [5.41, 5.74) is 0. The van der Waals surface area contributed by atoms with Crippen molar-refractivity contribution in [3.8, 4) is 0 Å². The van der Waals surface area contributed by atoms with E-state index in [1.807, 2.05) is 0 Å². The first-order valence-corrected chi connectivity index (χ1v) is 7.16. The molecule has 1 aliphatic rings. The van der Waals surface area contributed by atoms with Gasteiger partial charge in [-0.15, -0.1) is 0 Å². The maximum Gasteiger partial charge on any atom is 0.308 e. The number of esters is 1. The summed E-state index contributed by atoms with van der Waals surface area (Å²) in [7, 11) is 3.12. The van der Waals surface area contributed by atoms with E-state index >= 15 is 0 Å². The monoisotopic (exact) mass is 285 g/mol. The molecule has 1 aliphatic heterocycles. The first-order chi connectivity index (χ1) is 9.24. The Morgan fingerprint density at radius 1 is 1.42 bits per heavy atom. The second-order valence-corrected chi connectivity index (χ2v) is 5.25. The van der Waals surface area contributed by atoms with E-state index in [0.717, 1.165) is 43.3 Å². The molecule has 0 unspecified atom stereocenters. The van der Waals surface area contributed by atoms with E-state index in [2.05, 4.69) is 14.3 Å². The topological polar surface area (TPSA) is 64.5 Å². The van der Waals surface area contributed by atoms with E-state index < -0.39 is 0 Å². The van der Waals surface area contributed by atoms with Gasteiger partial charge >= 0.3 is 5.97 Å². The Hall–Kier alpha value is -1.21. The highest BCUT2D eigenvalue weighted by Gasteiger charge is 2.27. The van der Waals surface area contributed by atoms with Crippen molar-refractivity contribution >= 4 is 22.6 Å². The van der Waals surface area contributed by atoms with Gasteiger partial charge in [-0.1, -0.05) is 0 Å². The lowest BCUT2D eigenvalue weighted by atomic mass is 9.97. The van der Waals surface area contributed by atoms with Crippen molar-refractivity contribution < 1.29 is 14.3 Å². The van der Waals surface area contributed by atoms with Crippen molar-refractivity contribution in [3.05, 3.63) is 5.82 Å². The van der Waals surface area contributed by atoms with Crippen molar-refractivity contribution in [2.45, 2.75) is 19.3 Å². The van der Waals surface area contributed by atoms with E-state index in [9.17, 15) is 4.79 Å². The quantitative estimate of drug-likeness (QED) is 0.755. The van der Waals surface area contributed by atoms with Crippen LogP contribution in [-0.2, 0) is 20.7 Å². The van der Waals surface area contributed by atoms with Gasteiger partial charge < -0.3 is 14.4 Å². The van der Waals surface area contributed by atoms with Crippen LogP contribution in [0.15, 0.2) is 0 Å². The highest BCUT2D eigenvalue weighted by molar-refractivity contribution is 7.09. The number of aromatic nitrogens is 2. The van der Waals surface area contributed by atoms with Gasteiger partial charge in [-0.2, -0.15) is 4.37 Å². The second-order valence-electron chi connectivity index (χ2n) is 4.52. The maximum atomic E-state index is 11.5. The zero-order valence-corrected chi connectivity index (χ0v) is 12.1. The van der Waals surface area contributed by atoms with Crippen LogP contribution in [0.3, 0.4) is 0 Å². The Balaban J connectivity index is 1.87. The van der Waals surface area contributed by atoms with Gasteiger partial charge in [0.1, 0.15) is 5.82 Å². The summed E-state index contributed by atoms with van der Waals surface area (Å²) in [6.45, 7) is 2.30. The lowest BCUT2D eigenvalue weighted by Crippen LogP contribution is -2.36. The molecule has 1 aromatic heterocycles. The Labute approximate surface area is 116 Å². The predicted octanol–water partition coefficient (Wildman–Crippen LogP) is 1.12. The van der Waals surface area contributed by atoms with E-state index in [1.54, 1.807) is 7.11 Å². The van der Waals surface area contributed by atoms with Gasteiger partial charge in [0.25, 0.3) is 0 Å². The number of hydrogen-bond donors (Lipinski definition) is 0. The second kappa shape index (κ2) is 6.81. The third-order valence-corrected chi connectivity index (χ3v) is 4.10. The normalized spacial score (nSPS) is 16.6. The molecule has 19 heavy (non-hydrogen) atoms. The smallest absolute Gasteiger partial charge is 0.308 e. The summed E-state index contributed by atoms with van der Waals surface area (Å²) >= 11 is 1.41. The summed E-state index contributed by atoms with van der Waals surface area (Å²) < 4.78 is 14.1. The largest absolute Gasteiger partial charge is 0.469 e. The molecule has 1 aromatic rings. The van der Waals surface area contributed by atoms with Crippen molar-refractivity contribution in [3.63, 3.8) is 0 Å². The Kier molecular flexibility index (Phi) is 5.09. The fourth-order valence-electron chi connectivity index (χ4n) is 2.14. The van der Waals surface area contributed by atoms with Crippen LogP contribution < -0.4 is 4.90 Å². The number of ether oxygens (including phenoxy) is 2. The molecule has 0 aliphatic carbocycles. The molecular weight excluding hydrogens is 266 g/mol. The zero-order chi connectivity index (χ0) is 13.7. The fourth-order valence-corrected chi connectivity index (χ4v) is 2.90. The van der Waals surface area contributed by atoms with Gasteiger partial charge in [-0.3, -0.25) is 4.79 Å². The average molecular weight is 285 g/mol. The average Bonchev–Trinajstić information content (AvgIpc) is 2.93. The number of carbonyl (C=O) groups excluding carboxylic acids is 1. The van der Waals surface area contributed by atoms with Gasteiger partial charge in [-0.25, -0.2) is 4.98 Å². The van der Waals surface area contributed by atoms with Crippen LogP contribution in [0.25, 0.3) is 0 Å². The van der Waals surface area contributed by atoms with Crippen LogP contribution in [0.1, 0.15) is 18.7 Å². The summed E-state index contributed by atoms with van der Waals surface area (Å²) in [5, 5.41) is 0.939. The number of piperidine rings is 1. The SMILES string of the molecule is COCCc1nsc(N2CCC(C(=O)OC)CC2)n1. The number of rotatable bonds is 5. The summed E-state index contributed by atoms with van der Waals surface area (Å²) in [4.78, 5) is 18.1. The summed E-state index contributed by atoms with van der Waals surface area (Å²) in [6, 6.07) is 0. The van der Waals surface area contributed by atoms with Gasteiger partial charge in [0.05, 0.1) is 19.6 Å². The van der Waals surface area contributed by atoms with Gasteiger partial charge in [0.15, 0.2) is 0 Å². The number of hydrogen-bond acceptors (Lipinski definition) is 7. The Morgan fingerprint density at radius 2 is 2.16 bits per heavy atom. The Bertz CT molecular complexity index is 416. The van der Waals surface area contributed by atoms with Crippen LogP contribution in [-0.4, -0.2) is 49.2 Å². The summed E-state index contributed by atoms with van der Waals surface area (Å²) in [5.74, 6) is 0.761. The minimum Gasteiger partial charge on any atom is -0.469 e. The van der Waals surface area contributed by atoms with Crippen LogP contribution in [0.2, 0.25) is 0 Å². The molecule has 0 radical (unpaired) electrons. The first kappa shape index (κ1) is 14.2. The van der Waals surface area contributed by atoms with Gasteiger partial charge in [-0.05, 0) is 12.8 Å². The molecule has 106 valence electrons. The molecule has 1 saturated heterocycles. The number of methoxy groups -OCH3 is 2. The first-order valence-electron chi connectivity index (χ1n) is 6.39. The molecular formula is C12H19N3O3S. The summed E-state index contributed by atoms with van der Waals surface area (Å²) in [6.07, 6.45) is 2.38. The van der Waals surface area contributed by atoms with Crippen LogP contribution in [0.5, 0.6) is 0 Å². The highest BCUT2D eigenvalue weighted by atomic mass is 32.1. The number of nitrogens with zero attached hydrogens (tertiary/aromatic N) is 3. The molecule has 0 N–H and O–H groups in total. The molecule has 2 heterocycles. The molecule has 0 aromatic carbocycles. The third-order valence-electron chi connectivity index (χ3n) is 3.29. The maximum absolute atomic E-state index is 11.5. The molecule has 7 heteroatoms. The zero-order valence-electron chi connectivity index (χ0n) is 11.3. The lowest BCUT2D eigenvalue weighted by molar-refractivity contribution is -0.146. The predicted molar refractivity (Wildman–Crippen MR) is 72.4 cm³/mol. The number of anilines is 1. The van der Waals surface area contributed by atoms with Crippen LogP contribution in [0, 0.1) is 5.92 Å². The van der Waals surface area contributed by atoms with Crippen molar-refractivity contribution in [2.24, 2.45) is 5.92 Å². The minimum atomic E-state index is -0.0994. The molecule has 6 nitrogen and oxygen atoms in total. The Morgan fingerprint density at radius 3 is 2.79 bits per heavy atom. The molecule has 0 saturated carbocycles. The molecule has 0 spiro atoms. The molecule has 2 rings (SSSR count). The van der Waals surface area contributed by atoms with Crippen molar-refractivity contribution in [1.82, 2.24) is 9.36 Å². The molecule has 0 bridgehead atoms. The van der Waals surface area contributed by atoms with Crippen LogP contribution in [0.4, 0.5) is 5.13 Å². The number of carbonyl (C=O) groups is 1. The molecule has 0 atom stereocenters. The molecule has 0 amide bonds. The van der Waals surface area contributed by atoms with E-state index in [1.165, 1.54) is 18.6 Å². The minimum absolute atomic E-state index is 0.0298. The van der Waals surface area contributed by atoms with Gasteiger partial charge in [0.2, 0.25) is 5.13 Å². The van der Waals surface area contributed by atoms with Crippen molar-refractivity contribution in [2.75, 3.05) is 38.8 Å². The van der Waals surface area contributed by atoms with E-state index in [-0.39, 0.29) is 11.9 Å².